The molecule has 0 spiro atoms. The number of pyridine rings is 1. The van der Waals surface area contributed by atoms with E-state index in [9.17, 15) is 14.4 Å². The summed E-state index contributed by atoms with van der Waals surface area (Å²) in [5.41, 5.74) is -0.476. The summed E-state index contributed by atoms with van der Waals surface area (Å²) in [4.78, 5) is 43.0. The van der Waals surface area contributed by atoms with Crippen LogP contribution in [0.15, 0.2) is 42.6 Å². The third-order valence-electron chi connectivity index (χ3n) is 4.73. The average Bonchev–Trinajstić information content (AvgIpc) is 2.86. The number of rotatable bonds is 4. The molecule has 1 unspecified atom stereocenters. The lowest BCUT2D eigenvalue weighted by Gasteiger charge is -2.26. The number of hydrogen-bond acceptors (Lipinski definition) is 4. The first kappa shape index (κ1) is 18.8. The second-order valence-electron chi connectivity index (χ2n) is 6.73. The van der Waals surface area contributed by atoms with Crippen LogP contribution in [0.2, 0.25) is 5.02 Å². The first-order valence-corrected chi connectivity index (χ1v) is 8.81. The fraction of sp³-hybridized carbons (Fsp3) is 0.263. The Morgan fingerprint density at radius 3 is 2.56 bits per heavy atom. The van der Waals surface area contributed by atoms with E-state index in [2.05, 4.69) is 15.6 Å². The zero-order valence-corrected chi connectivity index (χ0v) is 15.9. The first-order valence-electron chi connectivity index (χ1n) is 8.43. The van der Waals surface area contributed by atoms with E-state index in [4.69, 9.17) is 11.6 Å². The molecule has 140 valence electrons. The lowest BCUT2D eigenvalue weighted by Crippen LogP contribution is -2.48. The Morgan fingerprint density at radius 1 is 1.22 bits per heavy atom. The molecule has 0 radical (unpaired) electrons. The van der Waals surface area contributed by atoms with E-state index in [-0.39, 0.29) is 28.0 Å². The van der Waals surface area contributed by atoms with Crippen LogP contribution < -0.4 is 15.5 Å². The van der Waals surface area contributed by atoms with Gasteiger partial charge in [-0.1, -0.05) is 37.6 Å². The topological polar surface area (TPSA) is 91.4 Å². The van der Waals surface area contributed by atoms with Gasteiger partial charge in [-0.05, 0) is 37.1 Å². The number of anilines is 2. The number of halogens is 1. The zero-order valence-electron chi connectivity index (χ0n) is 15.1. The van der Waals surface area contributed by atoms with Crippen LogP contribution in [0.1, 0.15) is 31.3 Å². The summed E-state index contributed by atoms with van der Waals surface area (Å²) < 4.78 is 0. The molecule has 1 atom stereocenters. The van der Waals surface area contributed by atoms with Gasteiger partial charge >= 0.3 is 6.03 Å². The van der Waals surface area contributed by atoms with Crippen molar-refractivity contribution in [3.05, 3.63) is 53.3 Å². The Balaban J connectivity index is 2.01. The number of imide groups is 1. The van der Waals surface area contributed by atoms with Crippen molar-refractivity contribution < 1.29 is 14.4 Å². The van der Waals surface area contributed by atoms with Crippen molar-refractivity contribution in [3.8, 4) is 0 Å². The van der Waals surface area contributed by atoms with E-state index >= 15 is 0 Å². The standard InChI is InChI=1S/C19H19ClN4O3/c1-11(2)19(3)17(26)24(18(27)23-19)15-12(20)7-6-9-13(15)22-16(25)14-8-4-5-10-21-14/h4-11H,1-3H3,(H,22,25)(H,23,27). The summed E-state index contributed by atoms with van der Waals surface area (Å²) in [7, 11) is 0. The maximum Gasteiger partial charge on any atom is 0.329 e. The molecule has 8 heteroatoms. The molecule has 1 aromatic carbocycles. The number of carbonyl (C=O) groups excluding carboxylic acids is 3. The third-order valence-corrected chi connectivity index (χ3v) is 5.03. The quantitative estimate of drug-likeness (QED) is 0.787. The highest BCUT2D eigenvalue weighted by Crippen LogP contribution is 2.39. The largest absolute Gasteiger partial charge is 0.329 e. The molecule has 1 aromatic heterocycles. The molecule has 1 aliphatic heterocycles. The molecule has 7 nitrogen and oxygen atoms in total. The van der Waals surface area contributed by atoms with Crippen molar-refractivity contribution in [2.24, 2.45) is 5.92 Å². The Morgan fingerprint density at radius 2 is 1.96 bits per heavy atom. The highest BCUT2D eigenvalue weighted by Gasteiger charge is 2.51. The number of carbonyl (C=O) groups is 3. The number of amides is 4. The van der Waals surface area contributed by atoms with Crippen molar-refractivity contribution in [3.63, 3.8) is 0 Å². The van der Waals surface area contributed by atoms with Crippen molar-refractivity contribution in [1.29, 1.82) is 0 Å². The maximum atomic E-state index is 13.0. The molecule has 2 heterocycles. The highest BCUT2D eigenvalue weighted by molar-refractivity contribution is 6.37. The summed E-state index contributed by atoms with van der Waals surface area (Å²) in [6, 6.07) is 9.11. The van der Waals surface area contributed by atoms with Gasteiger partial charge in [-0.2, -0.15) is 0 Å². The van der Waals surface area contributed by atoms with Crippen LogP contribution in [0.3, 0.4) is 0 Å². The fourth-order valence-electron chi connectivity index (χ4n) is 2.78. The van der Waals surface area contributed by atoms with Crippen molar-refractivity contribution in [2.45, 2.75) is 26.3 Å². The molecule has 1 fully saturated rings. The number of benzene rings is 1. The Bertz CT molecular complexity index is 916. The molecule has 27 heavy (non-hydrogen) atoms. The summed E-state index contributed by atoms with van der Waals surface area (Å²) in [5.74, 6) is -1.03. The molecule has 2 N–H and O–H groups in total. The van der Waals surface area contributed by atoms with Gasteiger partial charge < -0.3 is 10.6 Å². The SMILES string of the molecule is CC(C)C1(C)NC(=O)N(c2c(Cl)cccc2NC(=O)c2ccccn2)C1=O. The van der Waals surface area contributed by atoms with E-state index in [0.717, 1.165) is 4.90 Å². The van der Waals surface area contributed by atoms with Gasteiger partial charge in [0.25, 0.3) is 11.8 Å². The van der Waals surface area contributed by atoms with Crippen LogP contribution in [0.5, 0.6) is 0 Å². The van der Waals surface area contributed by atoms with Crippen LogP contribution in [0.4, 0.5) is 16.2 Å². The minimum atomic E-state index is -1.06. The fourth-order valence-corrected chi connectivity index (χ4v) is 3.04. The lowest BCUT2D eigenvalue weighted by molar-refractivity contribution is -0.122. The van der Waals surface area contributed by atoms with Crippen molar-refractivity contribution >= 4 is 40.8 Å². The highest BCUT2D eigenvalue weighted by atomic mass is 35.5. The Kier molecular flexibility index (Phi) is 4.89. The zero-order chi connectivity index (χ0) is 19.8. The summed E-state index contributed by atoms with van der Waals surface area (Å²) in [6.07, 6.45) is 1.50. The number of para-hydroxylation sites is 1. The molecular formula is C19H19ClN4O3. The second-order valence-corrected chi connectivity index (χ2v) is 7.14. The Hall–Kier alpha value is -2.93. The van der Waals surface area contributed by atoms with E-state index in [1.807, 2.05) is 13.8 Å². The van der Waals surface area contributed by atoms with Crippen LogP contribution in [0.25, 0.3) is 0 Å². The van der Waals surface area contributed by atoms with Gasteiger partial charge in [-0.3, -0.25) is 14.6 Å². The van der Waals surface area contributed by atoms with E-state index < -0.39 is 23.4 Å². The minimum absolute atomic E-state index is 0.131. The molecule has 0 bridgehead atoms. The number of nitrogens with zero attached hydrogens (tertiary/aromatic N) is 2. The van der Waals surface area contributed by atoms with Gasteiger partial charge in [-0.15, -0.1) is 0 Å². The van der Waals surface area contributed by atoms with Gasteiger partial charge in [0.15, 0.2) is 0 Å². The second kappa shape index (κ2) is 7.00. The van der Waals surface area contributed by atoms with Gasteiger partial charge in [0.05, 0.1) is 16.4 Å². The van der Waals surface area contributed by atoms with E-state index in [1.165, 1.54) is 6.20 Å². The predicted octanol–water partition coefficient (Wildman–Crippen LogP) is 3.46. The number of nitrogens with one attached hydrogen (secondary N) is 2. The molecule has 0 saturated carbocycles. The van der Waals surface area contributed by atoms with Crippen LogP contribution >= 0.6 is 11.6 Å². The van der Waals surface area contributed by atoms with Crippen LogP contribution in [-0.2, 0) is 4.79 Å². The number of aromatic nitrogens is 1. The van der Waals surface area contributed by atoms with Gasteiger partial charge in [0, 0.05) is 6.20 Å². The monoisotopic (exact) mass is 386 g/mol. The first-order chi connectivity index (χ1) is 12.8. The van der Waals surface area contributed by atoms with Gasteiger partial charge in [0.2, 0.25) is 0 Å². The third kappa shape index (κ3) is 3.26. The predicted molar refractivity (Wildman–Crippen MR) is 103 cm³/mol. The van der Waals surface area contributed by atoms with Crippen LogP contribution in [-0.4, -0.2) is 28.4 Å². The van der Waals surface area contributed by atoms with Crippen molar-refractivity contribution in [1.82, 2.24) is 10.3 Å². The molecule has 2 aromatic rings. The lowest BCUT2D eigenvalue weighted by atomic mass is 9.88. The molecular weight excluding hydrogens is 368 g/mol. The maximum absolute atomic E-state index is 13.0. The molecule has 0 aliphatic carbocycles. The molecule has 4 amide bonds. The average molecular weight is 387 g/mol. The molecule has 1 aliphatic rings. The summed E-state index contributed by atoms with van der Waals surface area (Å²) in [5, 5.41) is 5.58. The minimum Gasteiger partial charge on any atom is -0.323 e. The smallest absolute Gasteiger partial charge is 0.323 e. The normalized spacial score (nSPS) is 19.4. The van der Waals surface area contributed by atoms with Gasteiger partial charge in [-0.25, -0.2) is 9.69 Å². The Labute approximate surface area is 161 Å². The molecule has 3 rings (SSSR count). The molecule has 1 saturated heterocycles. The summed E-state index contributed by atoms with van der Waals surface area (Å²) in [6.45, 7) is 5.36. The van der Waals surface area contributed by atoms with E-state index in [1.54, 1.807) is 43.3 Å². The van der Waals surface area contributed by atoms with E-state index in [0.29, 0.717) is 0 Å². The van der Waals surface area contributed by atoms with Crippen molar-refractivity contribution in [2.75, 3.05) is 10.2 Å². The summed E-state index contributed by atoms with van der Waals surface area (Å²) >= 11 is 6.30. The van der Waals surface area contributed by atoms with Gasteiger partial charge in [0.1, 0.15) is 11.2 Å². The van der Waals surface area contributed by atoms with Crippen LogP contribution in [0, 0.1) is 5.92 Å². The number of urea groups is 1. The number of hydrogen-bond donors (Lipinski definition) is 2.